The van der Waals surface area contributed by atoms with E-state index in [0.29, 0.717) is 50.3 Å². The van der Waals surface area contributed by atoms with Gasteiger partial charge in [-0.05, 0) is 29.8 Å². The second-order valence-electron chi connectivity index (χ2n) is 7.08. The molecule has 150 valence electrons. The molecule has 2 fully saturated rings. The van der Waals surface area contributed by atoms with Crippen LogP contribution in [0.1, 0.15) is 22.2 Å². The Bertz CT molecular complexity index is 770. The topological polar surface area (TPSA) is 55.2 Å². The van der Waals surface area contributed by atoms with Crippen LogP contribution in [0.25, 0.3) is 0 Å². The van der Waals surface area contributed by atoms with Crippen molar-refractivity contribution in [2.75, 3.05) is 52.6 Å². The third-order valence-electron chi connectivity index (χ3n) is 5.40. The van der Waals surface area contributed by atoms with Crippen LogP contribution in [0.3, 0.4) is 0 Å². The van der Waals surface area contributed by atoms with E-state index in [0.717, 1.165) is 18.7 Å². The number of rotatable bonds is 6. The lowest BCUT2D eigenvalue weighted by atomic mass is 9.91. The zero-order valence-electron chi connectivity index (χ0n) is 15.8. The Hall–Kier alpha value is -1.70. The number of Topliss-reactive ketones (excluding diaryl/α,β-unsaturated/α-hetero) is 1. The van der Waals surface area contributed by atoms with E-state index in [2.05, 4.69) is 15.9 Å². The summed E-state index contributed by atoms with van der Waals surface area (Å²) in [7, 11) is 0. The molecule has 3 heterocycles. The second-order valence-corrected chi connectivity index (χ2v) is 7.52. The summed E-state index contributed by atoms with van der Waals surface area (Å²) in [6.07, 6.45) is 1.55. The van der Waals surface area contributed by atoms with Crippen molar-refractivity contribution in [2.24, 2.45) is 0 Å². The quantitative estimate of drug-likeness (QED) is 0.690. The van der Waals surface area contributed by atoms with Crippen LogP contribution in [0.15, 0.2) is 47.1 Å². The number of hydrogen-bond acceptors (Lipinski definition) is 6. The predicted octanol–water partition coefficient (Wildman–Crippen LogP) is 2.89. The molecule has 1 aromatic heterocycles. The number of furan rings is 1. The molecule has 0 spiro atoms. The number of hydrogen-bond donors (Lipinski definition) is 0. The average molecular weight is 405 g/mol. The van der Waals surface area contributed by atoms with E-state index >= 15 is 0 Å². The maximum atomic E-state index is 13.6. The predicted molar refractivity (Wildman–Crippen MR) is 106 cm³/mol. The van der Waals surface area contributed by atoms with Crippen LogP contribution in [-0.2, 0) is 9.47 Å². The second kappa shape index (κ2) is 9.20. The van der Waals surface area contributed by atoms with Crippen molar-refractivity contribution >= 4 is 17.4 Å². The summed E-state index contributed by atoms with van der Waals surface area (Å²) in [6, 6.07) is 10.8. The SMILES string of the molecule is O=C(c1ccco1)[C@@H]([C@@H](c1cccc(Cl)c1)N1CCOCC1)N1CCOCC1. The van der Waals surface area contributed by atoms with Crippen molar-refractivity contribution in [1.29, 1.82) is 0 Å². The number of halogens is 1. The number of carbonyl (C=O) groups is 1. The molecule has 0 radical (unpaired) electrons. The highest BCUT2D eigenvalue weighted by molar-refractivity contribution is 6.30. The number of morpholine rings is 2. The number of nitrogens with zero attached hydrogens (tertiary/aromatic N) is 2. The van der Waals surface area contributed by atoms with Crippen LogP contribution in [-0.4, -0.2) is 74.2 Å². The largest absolute Gasteiger partial charge is 0.461 e. The van der Waals surface area contributed by atoms with Crippen molar-refractivity contribution in [1.82, 2.24) is 9.80 Å². The number of ketones is 1. The van der Waals surface area contributed by atoms with Gasteiger partial charge in [0.2, 0.25) is 5.78 Å². The van der Waals surface area contributed by atoms with E-state index in [1.54, 1.807) is 18.4 Å². The van der Waals surface area contributed by atoms with E-state index in [-0.39, 0.29) is 17.9 Å². The third-order valence-corrected chi connectivity index (χ3v) is 5.64. The summed E-state index contributed by atoms with van der Waals surface area (Å²) in [5.41, 5.74) is 1.03. The van der Waals surface area contributed by atoms with Crippen molar-refractivity contribution in [3.05, 3.63) is 59.0 Å². The summed E-state index contributed by atoms with van der Waals surface area (Å²) in [5.74, 6) is 0.375. The summed E-state index contributed by atoms with van der Waals surface area (Å²) in [5, 5.41) is 0.668. The van der Waals surface area contributed by atoms with Gasteiger partial charge in [0.25, 0.3) is 0 Å². The van der Waals surface area contributed by atoms with Crippen LogP contribution >= 0.6 is 11.6 Å². The first kappa shape index (κ1) is 19.6. The van der Waals surface area contributed by atoms with Gasteiger partial charge in [0, 0.05) is 31.2 Å². The first-order valence-electron chi connectivity index (χ1n) is 9.71. The molecule has 0 saturated carbocycles. The van der Waals surface area contributed by atoms with Gasteiger partial charge in [-0.1, -0.05) is 23.7 Å². The molecular weight excluding hydrogens is 380 g/mol. The lowest BCUT2D eigenvalue weighted by Gasteiger charge is -2.44. The zero-order valence-corrected chi connectivity index (χ0v) is 16.5. The standard InChI is InChI=1S/C21H25ClN2O4/c22-17-4-1-3-16(15-17)19(23-6-11-26-12-7-23)20(24-8-13-27-14-9-24)21(25)18-5-2-10-28-18/h1-5,10,15,19-20H,6-9,11-14H2/t19-,20-/m1/s1. The fraction of sp³-hybridized carbons (Fsp3) is 0.476. The van der Waals surface area contributed by atoms with Gasteiger partial charge < -0.3 is 13.9 Å². The molecule has 6 nitrogen and oxygen atoms in total. The lowest BCUT2D eigenvalue weighted by molar-refractivity contribution is -0.0307. The molecular formula is C21H25ClN2O4. The normalized spacial score (nSPS) is 21.3. The smallest absolute Gasteiger partial charge is 0.216 e. The molecule has 0 aliphatic carbocycles. The molecule has 2 aliphatic rings. The summed E-state index contributed by atoms with van der Waals surface area (Å²) in [4.78, 5) is 18.1. The fourth-order valence-corrected chi connectivity index (χ4v) is 4.27. The van der Waals surface area contributed by atoms with Crippen molar-refractivity contribution in [2.45, 2.75) is 12.1 Å². The van der Waals surface area contributed by atoms with Gasteiger partial charge in [0.15, 0.2) is 5.76 Å². The van der Waals surface area contributed by atoms with Gasteiger partial charge in [-0.25, -0.2) is 0 Å². The highest BCUT2D eigenvalue weighted by Crippen LogP contribution is 2.32. The Morgan fingerprint density at radius 1 is 0.929 bits per heavy atom. The van der Waals surface area contributed by atoms with E-state index < -0.39 is 0 Å². The molecule has 28 heavy (non-hydrogen) atoms. The Kier molecular flexibility index (Phi) is 6.44. The van der Waals surface area contributed by atoms with Gasteiger partial charge in [-0.15, -0.1) is 0 Å². The molecule has 2 atom stereocenters. The minimum Gasteiger partial charge on any atom is -0.461 e. The van der Waals surface area contributed by atoms with Gasteiger partial charge in [0.05, 0.1) is 44.8 Å². The maximum Gasteiger partial charge on any atom is 0.216 e. The number of ether oxygens (including phenoxy) is 2. The molecule has 2 saturated heterocycles. The van der Waals surface area contributed by atoms with Crippen LogP contribution in [0.5, 0.6) is 0 Å². The minimum atomic E-state index is -0.383. The van der Waals surface area contributed by atoms with Crippen LogP contribution in [0.4, 0.5) is 0 Å². The van der Waals surface area contributed by atoms with Crippen molar-refractivity contribution < 1.29 is 18.7 Å². The number of carbonyl (C=O) groups excluding carboxylic acids is 1. The first-order valence-corrected chi connectivity index (χ1v) is 10.1. The van der Waals surface area contributed by atoms with Crippen molar-refractivity contribution in [3.8, 4) is 0 Å². The summed E-state index contributed by atoms with van der Waals surface area (Å²) < 4.78 is 16.6. The molecule has 1 aromatic carbocycles. The summed E-state index contributed by atoms with van der Waals surface area (Å²) >= 11 is 6.32. The molecule has 2 aromatic rings. The van der Waals surface area contributed by atoms with E-state index in [1.165, 1.54) is 0 Å². The molecule has 0 unspecified atom stereocenters. The van der Waals surface area contributed by atoms with Gasteiger partial charge >= 0.3 is 0 Å². The Morgan fingerprint density at radius 3 is 2.21 bits per heavy atom. The Balaban J connectivity index is 1.76. The molecule has 2 aliphatic heterocycles. The summed E-state index contributed by atoms with van der Waals surface area (Å²) in [6.45, 7) is 5.49. The van der Waals surface area contributed by atoms with Crippen LogP contribution in [0, 0.1) is 0 Å². The third kappa shape index (κ3) is 4.31. The highest BCUT2D eigenvalue weighted by Gasteiger charge is 2.40. The minimum absolute atomic E-state index is 0.0108. The molecule has 7 heteroatoms. The fourth-order valence-electron chi connectivity index (χ4n) is 4.07. The van der Waals surface area contributed by atoms with E-state index in [9.17, 15) is 4.79 Å². The van der Waals surface area contributed by atoms with Gasteiger partial charge in [0.1, 0.15) is 0 Å². The lowest BCUT2D eigenvalue weighted by Crippen LogP contribution is -2.55. The van der Waals surface area contributed by atoms with Gasteiger partial charge in [-0.3, -0.25) is 14.6 Å². The Morgan fingerprint density at radius 2 is 1.61 bits per heavy atom. The molecule has 0 N–H and O–H groups in total. The zero-order chi connectivity index (χ0) is 19.3. The first-order chi connectivity index (χ1) is 13.7. The van der Waals surface area contributed by atoms with E-state index in [1.807, 2.05) is 18.2 Å². The average Bonchev–Trinajstić information content (AvgIpc) is 3.28. The number of benzene rings is 1. The molecule has 0 amide bonds. The molecule has 4 rings (SSSR count). The highest BCUT2D eigenvalue weighted by atomic mass is 35.5. The van der Waals surface area contributed by atoms with E-state index in [4.69, 9.17) is 25.5 Å². The van der Waals surface area contributed by atoms with Crippen LogP contribution < -0.4 is 0 Å². The van der Waals surface area contributed by atoms with Crippen LogP contribution in [0.2, 0.25) is 5.02 Å². The van der Waals surface area contributed by atoms with Crippen molar-refractivity contribution in [3.63, 3.8) is 0 Å². The monoisotopic (exact) mass is 404 g/mol. The van der Waals surface area contributed by atoms with Gasteiger partial charge in [-0.2, -0.15) is 0 Å². The Labute approximate surface area is 169 Å². The molecule has 0 bridgehead atoms. The maximum absolute atomic E-state index is 13.6.